The molecular formula is C39H40N4O7S. The Morgan fingerprint density at radius 1 is 0.961 bits per heavy atom. The van der Waals surface area contributed by atoms with Crippen LogP contribution in [0.5, 0.6) is 5.75 Å². The van der Waals surface area contributed by atoms with Gasteiger partial charge in [0.15, 0.2) is 5.69 Å². The summed E-state index contributed by atoms with van der Waals surface area (Å²) in [4.78, 5) is 57.5. The molecule has 0 spiro atoms. The monoisotopic (exact) mass is 708 g/mol. The van der Waals surface area contributed by atoms with Crippen molar-refractivity contribution < 1.29 is 33.8 Å². The number of carbonyl (C=O) groups excluding carboxylic acids is 3. The molecule has 3 atom stereocenters. The Labute approximate surface area is 299 Å². The number of ether oxygens (including phenoxy) is 2. The number of pyridine rings is 1. The van der Waals surface area contributed by atoms with E-state index >= 15 is 0 Å². The van der Waals surface area contributed by atoms with E-state index in [0.29, 0.717) is 41.9 Å². The van der Waals surface area contributed by atoms with Crippen molar-refractivity contribution in [2.75, 3.05) is 11.9 Å². The molecule has 1 aliphatic heterocycles. The first-order valence-electron chi connectivity index (χ1n) is 17.2. The van der Waals surface area contributed by atoms with Crippen molar-refractivity contribution in [1.29, 1.82) is 0 Å². The van der Waals surface area contributed by atoms with Gasteiger partial charge >= 0.3 is 12.1 Å². The summed E-state index contributed by atoms with van der Waals surface area (Å²) in [5.74, 6) is -0.581. The second-order valence-electron chi connectivity index (χ2n) is 14.4. The molecule has 12 heteroatoms. The fourth-order valence-corrected chi connectivity index (χ4v) is 8.33. The van der Waals surface area contributed by atoms with Gasteiger partial charge in [-0.15, -0.1) is 11.3 Å². The molecule has 2 bridgehead atoms. The Bertz CT molecular complexity index is 2020. The minimum absolute atomic E-state index is 0.0143. The molecule has 3 heterocycles. The van der Waals surface area contributed by atoms with Gasteiger partial charge < -0.3 is 30.5 Å². The number of alkyl carbamates (subject to hydrolysis) is 1. The zero-order chi connectivity index (χ0) is 35.9. The summed E-state index contributed by atoms with van der Waals surface area (Å²) in [6.45, 7) is 6.03. The van der Waals surface area contributed by atoms with E-state index in [1.165, 1.54) is 12.5 Å². The Kier molecular flexibility index (Phi) is 9.28. The van der Waals surface area contributed by atoms with Gasteiger partial charge in [0.05, 0.1) is 6.61 Å². The molecular weight excluding hydrogens is 669 g/mol. The summed E-state index contributed by atoms with van der Waals surface area (Å²) < 4.78 is 11.4. The van der Waals surface area contributed by atoms with Crippen LogP contribution in [0.2, 0.25) is 0 Å². The van der Waals surface area contributed by atoms with Crippen molar-refractivity contribution in [3.05, 3.63) is 88.1 Å². The van der Waals surface area contributed by atoms with Crippen LogP contribution in [0.4, 0.5) is 10.5 Å². The van der Waals surface area contributed by atoms with Gasteiger partial charge in [-0.25, -0.2) is 14.6 Å². The van der Waals surface area contributed by atoms with E-state index in [9.17, 15) is 24.3 Å². The van der Waals surface area contributed by atoms with Crippen molar-refractivity contribution in [3.8, 4) is 27.3 Å². The molecule has 264 valence electrons. The average molecular weight is 709 g/mol. The SMILES string of the molecule is CC(C)(C)OC(=O)NCc1ccc(NC(=O)c2cc3c(cc2-c2ccc(C(=O)N[C@@H]4C[C@@H]5CC[C@H]4C5)nc2C(=O)O)OCCc2ccsc2-3)cc1. The summed E-state index contributed by atoms with van der Waals surface area (Å²) >= 11 is 1.55. The number of nitrogens with zero attached hydrogens (tertiary/aromatic N) is 1. The molecule has 2 aliphatic carbocycles. The Hall–Kier alpha value is -5.23. The van der Waals surface area contributed by atoms with E-state index in [0.717, 1.165) is 40.8 Å². The predicted molar refractivity (Wildman–Crippen MR) is 193 cm³/mol. The maximum absolute atomic E-state index is 14.1. The Morgan fingerprint density at radius 2 is 1.76 bits per heavy atom. The number of carboxylic acid groups (broad SMARTS) is 1. The van der Waals surface area contributed by atoms with E-state index in [2.05, 4.69) is 20.9 Å². The number of aromatic carboxylic acids is 1. The third-order valence-corrected chi connectivity index (χ3v) is 10.7. The van der Waals surface area contributed by atoms with Gasteiger partial charge in [-0.2, -0.15) is 0 Å². The van der Waals surface area contributed by atoms with Gasteiger partial charge in [0.1, 0.15) is 17.0 Å². The van der Waals surface area contributed by atoms with Crippen LogP contribution in [0, 0.1) is 11.8 Å². The van der Waals surface area contributed by atoms with Gasteiger partial charge in [0.25, 0.3) is 11.8 Å². The number of carbonyl (C=O) groups is 4. The number of rotatable bonds is 8. The number of amides is 3. The molecule has 7 rings (SSSR count). The highest BCUT2D eigenvalue weighted by atomic mass is 32.1. The lowest BCUT2D eigenvalue weighted by molar-refractivity contribution is 0.0522. The largest absolute Gasteiger partial charge is 0.493 e. The van der Waals surface area contributed by atoms with Gasteiger partial charge in [-0.05, 0) is 111 Å². The number of hydrogen-bond donors (Lipinski definition) is 4. The van der Waals surface area contributed by atoms with Crippen LogP contribution in [-0.4, -0.2) is 52.2 Å². The van der Waals surface area contributed by atoms with E-state index in [4.69, 9.17) is 9.47 Å². The normalized spacial score (nSPS) is 18.8. The first-order valence-corrected chi connectivity index (χ1v) is 18.1. The van der Waals surface area contributed by atoms with Crippen LogP contribution in [0.1, 0.15) is 88.9 Å². The van der Waals surface area contributed by atoms with Crippen LogP contribution < -0.4 is 20.7 Å². The number of carboxylic acids is 1. The number of benzene rings is 2. The maximum Gasteiger partial charge on any atom is 0.407 e. The van der Waals surface area contributed by atoms with Gasteiger partial charge in [0, 0.05) is 51.8 Å². The lowest BCUT2D eigenvalue weighted by atomic mass is 9.93. The van der Waals surface area contributed by atoms with Crippen LogP contribution in [0.15, 0.2) is 60.0 Å². The summed E-state index contributed by atoms with van der Waals surface area (Å²) in [7, 11) is 0. The molecule has 3 amide bonds. The number of thiophene rings is 1. The van der Waals surface area contributed by atoms with E-state index in [1.54, 1.807) is 74.6 Å². The molecule has 0 radical (unpaired) electrons. The van der Waals surface area contributed by atoms with E-state index in [1.807, 2.05) is 11.4 Å². The van der Waals surface area contributed by atoms with Gasteiger partial charge in [0.2, 0.25) is 0 Å². The number of nitrogens with one attached hydrogen (secondary N) is 3. The lowest BCUT2D eigenvalue weighted by Crippen LogP contribution is -2.39. The average Bonchev–Trinajstić information content (AvgIpc) is 3.83. The van der Waals surface area contributed by atoms with Crippen LogP contribution in [-0.2, 0) is 17.7 Å². The standard InChI is InChI=1S/C39H40N4O7S/c1-39(2,3)50-38(48)40-20-21-5-8-25(9-6-21)41-35(44)28-18-29-32(49-14-12-23-13-15-51-34(23)29)19-27(28)26-10-11-30(42-33(26)37(46)47)36(45)43-31-17-22-4-7-24(31)16-22/h5-6,8-11,13,15,18-19,22,24,31H,4,7,12,14,16-17,20H2,1-3H3,(H,40,48)(H,41,44)(H,43,45)(H,46,47)/t22-,24+,31-/m1/s1. The zero-order valence-corrected chi connectivity index (χ0v) is 29.5. The van der Waals surface area contributed by atoms with E-state index in [-0.39, 0.29) is 35.1 Å². The van der Waals surface area contributed by atoms with E-state index < -0.39 is 29.5 Å². The second kappa shape index (κ2) is 13.8. The number of hydrogen-bond acceptors (Lipinski definition) is 8. The number of aromatic nitrogens is 1. The summed E-state index contributed by atoms with van der Waals surface area (Å²) in [5.41, 5.74) is 2.93. The van der Waals surface area contributed by atoms with Crippen molar-refractivity contribution in [2.24, 2.45) is 11.8 Å². The molecule has 3 aliphatic rings. The second-order valence-corrected chi connectivity index (χ2v) is 15.3. The van der Waals surface area contributed by atoms with Gasteiger partial charge in [-0.3, -0.25) is 9.59 Å². The third-order valence-electron chi connectivity index (χ3n) is 9.71. The summed E-state index contributed by atoms with van der Waals surface area (Å²) in [6, 6.07) is 15.6. The fraction of sp³-hybridized carbons (Fsp3) is 0.359. The Morgan fingerprint density at radius 3 is 2.47 bits per heavy atom. The molecule has 0 unspecified atom stereocenters. The first-order chi connectivity index (χ1) is 24.4. The van der Waals surface area contributed by atoms with Crippen molar-refractivity contribution in [1.82, 2.24) is 15.6 Å². The van der Waals surface area contributed by atoms with Crippen LogP contribution >= 0.6 is 11.3 Å². The molecule has 2 saturated carbocycles. The quantitative estimate of drug-likeness (QED) is 0.149. The van der Waals surface area contributed by atoms with Gasteiger partial charge in [-0.1, -0.05) is 18.6 Å². The van der Waals surface area contributed by atoms with Crippen molar-refractivity contribution in [3.63, 3.8) is 0 Å². The molecule has 4 aromatic rings. The smallest absolute Gasteiger partial charge is 0.407 e. The highest BCUT2D eigenvalue weighted by Crippen LogP contribution is 2.45. The van der Waals surface area contributed by atoms with Crippen LogP contribution in [0.25, 0.3) is 21.6 Å². The molecule has 11 nitrogen and oxygen atoms in total. The minimum atomic E-state index is -1.32. The molecule has 2 aromatic carbocycles. The van der Waals surface area contributed by atoms with Crippen molar-refractivity contribution in [2.45, 2.75) is 71.1 Å². The molecule has 4 N–H and O–H groups in total. The summed E-state index contributed by atoms with van der Waals surface area (Å²) in [5, 5.41) is 21.1. The summed E-state index contributed by atoms with van der Waals surface area (Å²) in [6.07, 6.45) is 4.50. The lowest BCUT2D eigenvalue weighted by Gasteiger charge is -2.23. The Balaban J connectivity index is 1.19. The molecule has 2 fully saturated rings. The highest BCUT2D eigenvalue weighted by Gasteiger charge is 2.40. The third kappa shape index (κ3) is 7.46. The fourth-order valence-electron chi connectivity index (χ4n) is 7.35. The minimum Gasteiger partial charge on any atom is -0.493 e. The molecule has 51 heavy (non-hydrogen) atoms. The highest BCUT2D eigenvalue weighted by molar-refractivity contribution is 7.13. The topological polar surface area (TPSA) is 156 Å². The number of fused-ring (bicyclic) bond motifs is 5. The predicted octanol–water partition coefficient (Wildman–Crippen LogP) is 7.31. The molecule has 2 aromatic heterocycles. The van der Waals surface area contributed by atoms with Crippen molar-refractivity contribution >= 4 is 40.9 Å². The van der Waals surface area contributed by atoms with Crippen LogP contribution in [0.3, 0.4) is 0 Å². The first kappa shape index (κ1) is 34.2. The number of anilines is 1. The maximum atomic E-state index is 14.1. The zero-order valence-electron chi connectivity index (χ0n) is 28.7. The molecule has 0 saturated heterocycles.